The molecule has 1 unspecified atom stereocenters. The first-order valence-corrected chi connectivity index (χ1v) is 7.00. The lowest BCUT2D eigenvalue weighted by atomic mass is 10.1. The molecule has 1 saturated heterocycles. The van der Waals surface area contributed by atoms with E-state index in [0.717, 1.165) is 30.0 Å². The highest BCUT2D eigenvalue weighted by Crippen LogP contribution is 2.22. The van der Waals surface area contributed by atoms with Crippen molar-refractivity contribution in [2.45, 2.75) is 26.8 Å². The summed E-state index contributed by atoms with van der Waals surface area (Å²) >= 11 is 5.64. The van der Waals surface area contributed by atoms with Gasteiger partial charge in [0.05, 0.1) is 5.88 Å². The number of likely N-dealkylation sites (tertiary alicyclic amines) is 1. The monoisotopic (exact) mass is 268 g/mol. The summed E-state index contributed by atoms with van der Waals surface area (Å²) in [6, 6.07) is 1.97. The molecule has 0 aromatic carbocycles. The van der Waals surface area contributed by atoms with E-state index in [-0.39, 0.29) is 11.7 Å². The maximum Gasteiger partial charge on any atom is 0.179 e. The van der Waals surface area contributed by atoms with Crippen LogP contribution in [0, 0.1) is 19.8 Å². The van der Waals surface area contributed by atoms with Gasteiger partial charge in [-0.25, -0.2) is 0 Å². The van der Waals surface area contributed by atoms with Gasteiger partial charge in [-0.15, -0.1) is 11.6 Å². The lowest BCUT2D eigenvalue weighted by Crippen LogP contribution is -2.18. The lowest BCUT2D eigenvalue weighted by Gasteiger charge is -2.15. The zero-order valence-electron chi connectivity index (χ0n) is 11.4. The summed E-state index contributed by atoms with van der Waals surface area (Å²) in [5, 5.41) is 0. The molecule has 100 valence electrons. The molecule has 1 aliphatic heterocycles. The van der Waals surface area contributed by atoms with Crippen LogP contribution >= 0.6 is 11.6 Å². The topological polar surface area (TPSA) is 25.2 Å². The van der Waals surface area contributed by atoms with E-state index in [1.807, 2.05) is 13.0 Å². The van der Waals surface area contributed by atoms with E-state index in [1.54, 1.807) is 0 Å². The number of halogens is 1. The van der Waals surface area contributed by atoms with E-state index in [1.165, 1.54) is 13.0 Å². The first-order valence-electron chi connectivity index (χ1n) is 6.47. The molecule has 0 N–H and O–H groups in total. The summed E-state index contributed by atoms with van der Waals surface area (Å²) in [7, 11) is 2.16. The van der Waals surface area contributed by atoms with Gasteiger partial charge in [0.1, 0.15) is 0 Å². The van der Waals surface area contributed by atoms with Gasteiger partial charge in [0, 0.05) is 30.0 Å². The van der Waals surface area contributed by atoms with Gasteiger partial charge in [0.15, 0.2) is 5.78 Å². The minimum absolute atomic E-state index is 0.0274. The molecule has 1 fully saturated rings. The molecule has 1 atom stereocenters. The number of Topliss-reactive ketones (excluding diaryl/α,β-unsaturated/α-hetero) is 1. The molecule has 0 saturated carbocycles. The standard InChI is InChI=1S/C14H21ClN2O/c1-10-6-13(14(18)7-15)11(2)17(10)9-12-4-5-16(3)8-12/h6,12H,4-5,7-9H2,1-3H3. The molecule has 0 bridgehead atoms. The van der Waals surface area contributed by atoms with Crippen LogP contribution in [-0.4, -0.2) is 41.3 Å². The zero-order chi connectivity index (χ0) is 13.3. The Labute approximate surface area is 114 Å². The molecule has 3 nitrogen and oxygen atoms in total. The summed E-state index contributed by atoms with van der Waals surface area (Å²) in [4.78, 5) is 14.1. The van der Waals surface area contributed by atoms with Crippen molar-refractivity contribution in [2.24, 2.45) is 5.92 Å². The lowest BCUT2D eigenvalue weighted by molar-refractivity contribution is 0.102. The number of aromatic nitrogens is 1. The molecule has 0 aliphatic carbocycles. The molecule has 0 radical (unpaired) electrons. The molecule has 1 aromatic heterocycles. The van der Waals surface area contributed by atoms with Crippen LogP contribution in [0.1, 0.15) is 28.2 Å². The highest BCUT2D eigenvalue weighted by molar-refractivity contribution is 6.30. The van der Waals surface area contributed by atoms with Crippen LogP contribution in [0.4, 0.5) is 0 Å². The predicted octanol–water partition coefficient (Wildman–Crippen LogP) is 2.48. The van der Waals surface area contributed by atoms with E-state index in [2.05, 4.69) is 23.4 Å². The van der Waals surface area contributed by atoms with Crippen LogP contribution < -0.4 is 0 Å². The quantitative estimate of drug-likeness (QED) is 0.619. The molecular formula is C14H21ClN2O. The highest BCUT2D eigenvalue weighted by atomic mass is 35.5. The average molecular weight is 269 g/mol. The van der Waals surface area contributed by atoms with Crippen LogP contribution in [0.25, 0.3) is 0 Å². The Morgan fingerprint density at radius 3 is 2.78 bits per heavy atom. The number of carbonyl (C=O) groups is 1. The van der Waals surface area contributed by atoms with E-state index in [4.69, 9.17) is 11.6 Å². The van der Waals surface area contributed by atoms with Crippen molar-refractivity contribution in [1.29, 1.82) is 0 Å². The number of aryl methyl sites for hydroxylation is 1. The fourth-order valence-corrected chi connectivity index (χ4v) is 3.01. The van der Waals surface area contributed by atoms with Crippen LogP contribution in [-0.2, 0) is 6.54 Å². The second kappa shape index (κ2) is 5.45. The number of nitrogens with zero attached hydrogens (tertiary/aromatic N) is 2. The van der Waals surface area contributed by atoms with Crippen molar-refractivity contribution >= 4 is 17.4 Å². The molecule has 0 amide bonds. The van der Waals surface area contributed by atoms with Crippen molar-refractivity contribution < 1.29 is 4.79 Å². The van der Waals surface area contributed by atoms with Crippen molar-refractivity contribution in [3.05, 3.63) is 23.0 Å². The summed E-state index contributed by atoms with van der Waals surface area (Å²) in [6.07, 6.45) is 1.24. The van der Waals surface area contributed by atoms with Gasteiger partial charge in [-0.05, 0) is 45.8 Å². The maximum atomic E-state index is 11.7. The summed E-state index contributed by atoms with van der Waals surface area (Å²) in [5.74, 6) is 0.787. The Bertz CT molecular complexity index is 453. The minimum Gasteiger partial charge on any atom is -0.348 e. The number of hydrogen-bond donors (Lipinski definition) is 0. The van der Waals surface area contributed by atoms with Crippen LogP contribution in [0.5, 0.6) is 0 Å². The third-order valence-electron chi connectivity index (χ3n) is 3.93. The highest BCUT2D eigenvalue weighted by Gasteiger charge is 2.22. The third kappa shape index (κ3) is 2.62. The second-order valence-electron chi connectivity index (χ2n) is 5.37. The molecule has 1 aliphatic rings. The van der Waals surface area contributed by atoms with Crippen LogP contribution in [0.15, 0.2) is 6.07 Å². The van der Waals surface area contributed by atoms with Gasteiger partial charge in [-0.1, -0.05) is 0 Å². The van der Waals surface area contributed by atoms with E-state index in [0.29, 0.717) is 5.92 Å². The summed E-state index contributed by atoms with van der Waals surface area (Å²) in [5.41, 5.74) is 3.01. The van der Waals surface area contributed by atoms with E-state index >= 15 is 0 Å². The van der Waals surface area contributed by atoms with E-state index < -0.39 is 0 Å². The SMILES string of the molecule is Cc1cc(C(=O)CCl)c(C)n1CC1CCN(C)C1. The number of carbonyl (C=O) groups excluding carboxylic acids is 1. The maximum absolute atomic E-state index is 11.7. The fraction of sp³-hybridized carbons (Fsp3) is 0.643. The normalized spacial score (nSPS) is 20.6. The van der Waals surface area contributed by atoms with Crippen molar-refractivity contribution in [3.8, 4) is 0 Å². The molecule has 18 heavy (non-hydrogen) atoms. The Hall–Kier alpha value is -0.800. The van der Waals surface area contributed by atoms with Crippen LogP contribution in [0.2, 0.25) is 0 Å². The van der Waals surface area contributed by atoms with Gasteiger partial charge >= 0.3 is 0 Å². The Morgan fingerprint density at radius 2 is 2.22 bits per heavy atom. The van der Waals surface area contributed by atoms with Gasteiger partial charge in [-0.3, -0.25) is 4.79 Å². The first-order chi connectivity index (χ1) is 8.52. The Morgan fingerprint density at radius 1 is 1.50 bits per heavy atom. The smallest absolute Gasteiger partial charge is 0.179 e. The molecular weight excluding hydrogens is 248 g/mol. The van der Waals surface area contributed by atoms with E-state index in [9.17, 15) is 4.79 Å². The largest absolute Gasteiger partial charge is 0.348 e. The van der Waals surface area contributed by atoms with Crippen molar-refractivity contribution in [3.63, 3.8) is 0 Å². The first kappa shape index (κ1) is 13.6. The second-order valence-corrected chi connectivity index (χ2v) is 5.64. The zero-order valence-corrected chi connectivity index (χ0v) is 12.1. The molecule has 1 aromatic rings. The van der Waals surface area contributed by atoms with Crippen molar-refractivity contribution in [2.75, 3.05) is 26.0 Å². The minimum atomic E-state index is 0.0274. The van der Waals surface area contributed by atoms with Gasteiger partial charge < -0.3 is 9.47 Å². The average Bonchev–Trinajstić information content (AvgIpc) is 2.87. The summed E-state index contributed by atoms with van der Waals surface area (Å²) in [6.45, 7) is 7.42. The number of hydrogen-bond acceptors (Lipinski definition) is 2. The molecule has 0 spiro atoms. The molecule has 4 heteroatoms. The third-order valence-corrected chi connectivity index (χ3v) is 4.17. The number of ketones is 1. The number of rotatable bonds is 4. The van der Waals surface area contributed by atoms with Gasteiger partial charge in [0.2, 0.25) is 0 Å². The molecule has 2 heterocycles. The van der Waals surface area contributed by atoms with Crippen molar-refractivity contribution in [1.82, 2.24) is 9.47 Å². The van der Waals surface area contributed by atoms with Gasteiger partial charge in [-0.2, -0.15) is 0 Å². The fourth-order valence-electron chi connectivity index (χ4n) is 2.87. The predicted molar refractivity (Wildman–Crippen MR) is 74.6 cm³/mol. The van der Waals surface area contributed by atoms with Gasteiger partial charge in [0.25, 0.3) is 0 Å². The Balaban J connectivity index is 2.18. The number of alkyl halides is 1. The molecule has 2 rings (SSSR count). The summed E-state index contributed by atoms with van der Waals surface area (Å²) < 4.78 is 2.27. The van der Waals surface area contributed by atoms with Crippen LogP contribution in [0.3, 0.4) is 0 Å². The Kier molecular flexibility index (Phi) is 4.13.